The topological polar surface area (TPSA) is 102 Å². The number of rotatable bonds is 5. The van der Waals surface area contributed by atoms with Crippen LogP contribution in [0.3, 0.4) is 0 Å². The number of esters is 2. The molecule has 8 nitrogen and oxygen atoms in total. The molecule has 0 aliphatic rings. The van der Waals surface area contributed by atoms with Crippen molar-refractivity contribution in [3.63, 3.8) is 0 Å². The number of H-pyrrole nitrogens is 1. The molecule has 0 aliphatic heterocycles. The fraction of sp³-hybridized carbons (Fsp3) is 0.389. The van der Waals surface area contributed by atoms with Gasteiger partial charge in [0.1, 0.15) is 22.8 Å². The number of carbonyl (C=O) groups is 3. The molecule has 1 amide bonds. The van der Waals surface area contributed by atoms with E-state index in [9.17, 15) is 14.4 Å². The van der Waals surface area contributed by atoms with Gasteiger partial charge in [0.05, 0.1) is 26.3 Å². The van der Waals surface area contributed by atoms with E-state index in [-0.39, 0.29) is 12.5 Å². The average Bonchev–Trinajstić information content (AvgIpc) is 3.11. The molecule has 0 saturated heterocycles. The van der Waals surface area contributed by atoms with Gasteiger partial charge >= 0.3 is 11.9 Å². The third-order valence-corrected chi connectivity index (χ3v) is 4.15. The van der Waals surface area contributed by atoms with Crippen LogP contribution >= 0.6 is 0 Å². The lowest BCUT2D eigenvalue weighted by molar-refractivity contribution is 0.0589. The fourth-order valence-corrected chi connectivity index (χ4v) is 2.80. The Bertz CT molecular complexity index is 861. The van der Waals surface area contributed by atoms with Crippen molar-refractivity contribution in [1.29, 1.82) is 0 Å². The predicted molar refractivity (Wildman–Crippen MR) is 92.2 cm³/mol. The molecule has 0 unspecified atom stereocenters. The second-order valence-corrected chi connectivity index (χ2v) is 5.95. The molecular weight excluding hydrogens is 340 g/mol. The molecule has 0 atom stereocenters. The minimum Gasteiger partial charge on any atom is -0.465 e. The minimum absolute atomic E-state index is 0.154. The molecule has 8 heteroatoms. The van der Waals surface area contributed by atoms with E-state index in [0.29, 0.717) is 39.6 Å². The number of nitrogens with zero attached hydrogens (tertiary/aromatic N) is 1. The molecule has 0 saturated carbocycles. The lowest BCUT2D eigenvalue weighted by Crippen LogP contribution is -2.27. The summed E-state index contributed by atoms with van der Waals surface area (Å²) < 4.78 is 15.0. The van der Waals surface area contributed by atoms with Crippen molar-refractivity contribution in [3.8, 4) is 0 Å². The van der Waals surface area contributed by atoms with Crippen LogP contribution in [0.2, 0.25) is 0 Å². The molecule has 0 aliphatic carbocycles. The zero-order valence-electron chi connectivity index (χ0n) is 15.7. The van der Waals surface area contributed by atoms with Crippen molar-refractivity contribution in [2.45, 2.75) is 27.3 Å². The summed E-state index contributed by atoms with van der Waals surface area (Å²) in [5.74, 6) is -0.428. The van der Waals surface area contributed by atoms with Crippen LogP contribution in [-0.2, 0) is 16.0 Å². The maximum absolute atomic E-state index is 12.7. The van der Waals surface area contributed by atoms with Crippen LogP contribution in [0.4, 0.5) is 0 Å². The van der Waals surface area contributed by atoms with Crippen LogP contribution in [-0.4, -0.2) is 49.0 Å². The molecular formula is C18H22N2O6. The Kier molecular flexibility index (Phi) is 5.54. The Morgan fingerprint density at radius 3 is 2.31 bits per heavy atom. The summed E-state index contributed by atoms with van der Waals surface area (Å²) in [6.45, 7) is 5.19. The Morgan fingerprint density at radius 1 is 1.12 bits per heavy atom. The van der Waals surface area contributed by atoms with Gasteiger partial charge in [-0.2, -0.15) is 0 Å². The number of amides is 1. The summed E-state index contributed by atoms with van der Waals surface area (Å²) in [6.07, 6.45) is 0. The molecule has 0 bridgehead atoms. The van der Waals surface area contributed by atoms with Crippen molar-refractivity contribution in [1.82, 2.24) is 9.88 Å². The first-order valence-corrected chi connectivity index (χ1v) is 7.91. The fourth-order valence-electron chi connectivity index (χ4n) is 2.80. The quantitative estimate of drug-likeness (QED) is 0.820. The molecule has 2 rings (SSSR count). The minimum atomic E-state index is -0.498. The number of aromatic nitrogens is 1. The summed E-state index contributed by atoms with van der Waals surface area (Å²) >= 11 is 0. The van der Waals surface area contributed by atoms with Crippen LogP contribution in [0.15, 0.2) is 10.5 Å². The normalized spacial score (nSPS) is 10.5. The number of furan rings is 1. The van der Waals surface area contributed by atoms with E-state index in [2.05, 4.69) is 9.72 Å². The van der Waals surface area contributed by atoms with Gasteiger partial charge in [-0.1, -0.05) is 0 Å². The van der Waals surface area contributed by atoms with Crippen molar-refractivity contribution in [2.75, 3.05) is 21.3 Å². The van der Waals surface area contributed by atoms with Gasteiger partial charge < -0.3 is 23.8 Å². The smallest absolute Gasteiger partial charge is 0.341 e. The number of nitrogens with one attached hydrogen (secondary N) is 1. The number of hydrogen-bond donors (Lipinski definition) is 1. The maximum atomic E-state index is 12.7. The Labute approximate surface area is 151 Å². The molecule has 140 valence electrons. The van der Waals surface area contributed by atoms with Crippen molar-refractivity contribution < 1.29 is 28.3 Å². The Morgan fingerprint density at radius 2 is 1.73 bits per heavy atom. The number of ether oxygens (including phenoxy) is 2. The average molecular weight is 362 g/mol. The van der Waals surface area contributed by atoms with Gasteiger partial charge in [-0.05, 0) is 32.4 Å². The molecule has 0 radical (unpaired) electrons. The molecule has 2 aromatic rings. The molecule has 2 heterocycles. The lowest BCUT2D eigenvalue weighted by Gasteiger charge is -2.15. The number of hydrogen-bond acceptors (Lipinski definition) is 6. The highest BCUT2D eigenvalue weighted by Crippen LogP contribution is 2.22. The van der Waals surface area contributed by atoms with Crippen LogP contribution in [0.5, 0.6) is 0 Å². The first-order chi connectivity index (χ1) is 12.2. The maximum Gasteiger partial charge on any atom is 0.341 e. The summed E-state index contributed by atoms with van der Waals surface area (Å²) in [6, 6.07) is 1.55. The zero-order chi connectivity index (χ0) is 19.6. The van der Waals surface area contributed by atoms with E-state index in [0.717, 1.165) is 0 Å². The van der Waals surface area contributed by atoms with E-state index < -0.39 is 11.9 Å². The zero-order valence-corrected chi connectivity index (χ0v) is 15.7. The number of carbonyl (C=O) groups excluding carboxylic acids is 3. The summed E-state index contributed by atoms with van der Waals surface area (Å²) in [4.78, 5) is 40.6. The van der Waals surface area contributed by atoms with Crippen LogP contribution < -0.4 is 0 Å². The standard InChI is InChI=1S/C18H22N2O6/c1-9-14(18(23)25-6)10(2)19-15(9)16(21)20(4)8-12-7-13(11(3)26-12)17(22)24-5/h7,19H,8H2,1-6H3. The molecule has 0 aromatic carbocycles. The van der Waals surface area contributed by atoms with Crippen LogP contribution in [0.1, 0.15) is 54.0 Å². The summed E-state index contributed by atoms with van der Waals surface area (Å²) in [7, 11) is 4.19. The Hall–Kier alpha value is -3.03. The van der Waals surface area contributed by atoms with Gasteiger partial charge in [-0.25, -0.2) is 9.59 Å². The summed E-state index contributed by atoms with van der Waals surface area (Å²) in [5, 5.41) is 0. The van der Waals surface area contributed by atoms with Crippen LogP contribution in [0.25, 0.3) is 0 Å². The monoisotopic (exact) mass is 362 g/mol. The van der Waals surface area contributed by atoms with E-state index in [1.165, 1.54) is 19.1 Å². The third kappa shape index (κ3) is 3.49. The van der Waals surface area contributed by atoms with Gasteiger partial charge in [0, 0.05) is 12.7 Å². The van der Waals surface area contributed by atoms with Gasteiger partial charge in [0.2, 0.25) is 0 Å². The molecule has 0 spiro atoms. The lowest BCUT2D eigenvalue weighted by atomic mass is 10.1. The van der Waals surface area contributed by atoms with E-state index >= 15 is 0 Å². The number of methoxy groups -OCH3 is 2. The van der Waals surface area contributed by atoms with Crippen molar-refractivity contribution in [3.05, 3.63) is 45.7 Å². The largest absolute Gasteiger partial charge is 0.465 e. The SMILES string of the molecule is COC(=O)c1cc(CN(C)C(=O)c2[nH]c(C)c(C(=O)OC)c2C)oc1C. The highest BCUT2D eigenvalue weighted by molar-refractivity contribution is 6.00. The van der Waals surface area contributed by atoms with Gasteiger partial charge in [0.15, 0.2) is 0 Å². The van der Waals surface area contributed by atoms with E-state index in [1.54, 1.807) is 33.9 Å². The van der Waals surface area contributed by atoms with Gasteiger partial charge in [-0.3, -0.25) is 4.79 Å². The first kappa shape index (κ1) is 19.3. The number of aryl methyl sites for hydroxylation is 2. The van der Waals surface area contributed by atoms with Gasteiger partial charge in [0.25, 0.3) is 5.91 Å². The molecule has 2 aromatic heterocycles. The van der Waals surface area contributed by atoms with Gasteiger partial charge in [-0.15, -0.1) is 0 Å². The molecule has 1 N–H and O–H groups in total. The Balaban J connectivity index is 2.23. The molecule has 26 heavy (non-hydrogen) atoms. The van der Waals surface area contributed by atoms with Crippen molar-refractivity contribution in [2.24, 2.45) is 0 Å². The highest BCUT2D eigenvalue weighted by Gasteiger charge is 2.25. The van der Waals surface area contributed by atoms with Crippen molar-refractivity contribution >= 4 is 17.8 Å². The highest BCUT2D eigenvalue weighted by atomic mass is 16.5. The first-order valence-electron chi connectivity index (χ1n) is 7.91. The second-order valence-electron chi connectivity index (χ2n) is 5.95. The predicted octanol–water partition coefficient (Wildman–Crippen LogP) is 2.38. The van der Waals surface area contributed by atoms with E-state index in [4.69, 9.17) is 9.15 Å². The van der Waals surface area contributed by atoms with Crippen LogP contribution in [0, 0.1) is 20.8 Å². The third-order valence-electron chi connectivity index (χ3n) is 4.15. The number of aromatic amines is 1. The second kappa shape index (κ2) is 7.47. The summed E-state index contributed by atoms with van der Waals surface area (Å²) in [5.41, 5.74) is 2.07. The van der Waals surface area contributed by atoms with E-state index in [1.807, 2.05) is 0 Å². The molecule has 0 fully saturated rings.